The molecule has 0 bridgehead atoms. The molecule has 0 aromatic carbocycles. The highest BCUT2D eigenvalue weighted by Gasteiger charge is 1.96. The highest BCUT2D eigenvalue weighted by Crippen LogP contribution is 2.14. The van der Waals surface area contributed by atoms with Crippen LogP contribution in [0.25, 0.3) is 0 Å². The van der Waals surface area contributed by atoms with Crippen LogP contribution in [0.2, 0.25) is 0 Å². The third kappa shape index (κ3) is 4.55. The monoisotopic (exact) mass is 217 g/mol. The Kier molecular flexibility index (Phi) is 4.62. The van der Waals surface area contributed by atoms with E-state index in [4.69, 9.17) is 0 Å². The van der Waals surface area contributed by atoms with Gasteiger partial charge in [0.15, 0.2) is 0 Å². The molecule has 1 atom stereocenters. The summed E-state index contributed by atoms with van der Waals surface area (Å²) in [5, 5.41) is 3.26. The second kappa shape index (κ2) is 5.52. The molecule has 2 nitrogen and oxygen atoms in total. The summed E-state index contributed by atoms with van der Waals surface area (Å²) in [6, 6.07) is 4.26. The normalized spacial score (nSPS) is 13.1. The van der Waals surface area contributed by atoms with E-state index in [2.05, 4.69) is 24.4 Å². The standard InChI is InChI=1S/C9H15NOS2/c1-8-3-4-9(12-8)7-10-5-6-13(2)11/h3-4,10H,5-7H2,1-2H3/t13-/m0/s1. The zero-order valence-electron chi connectivity index (χ0n) is 8.00. The summed E-state index contributed by atoms with van der Waals surface area (Å²) >= 11 is 1.81. The summed E-state index contributed by atoms with van der Waals surface area (Å²) in [5.74, 6) is 0.740. The van der Waals surface area contributed by atoms with Gasteiger partial charge in [0.25, 0.3) is 0 Å². The van der Waals surface area contributed by atoms with E-state index in [1.807, 2.05) is 11.3 Å². The molecule has 0 aliphatic heterocycles. The number of hydrogen-bond donors (Lipinski definition) is 1. The summed E-state index contributed by atoms with van der Waals surface area (Å²) in [7, 11) is -0.677. The Morgan fingerprint density at radius 2 is 2.31 bits per heavy atom. The van der Waals surface area contributed by atoms with Crippen LogP contribution < -0.4 is 5.32 Å². The third-order valence-electron chi connectivity index (χ3n) is 1.66. The Balaban J connectivity index is 2.16. The van der Waals surface area contributed by atoms with Gasteiger partial charge in [-0.15, -0.1) is 11.3 Å². The van der Waals surface area contributed by atoms with Gasteiger partial charge in [-0.3, -0.25) is 4.21 Å². The minimum Gasteiger partial charge on any atom is -0.311 e. The largest absolute Gasteiger partial charge is 0.311 e. The van der Waals surface area contributed by atoms with Crippen molar-refractivity contribution < 1.29 is 4.21 Å². The van der Waals surface area contributed by atoms with Gasteiger partial charge in [0.2, 0.25) is 0 Å². The highest BCUT2D eigenvalue weighted by atomic mass is 32.2. The molecule has 0 saturated carbocycles. The van der Waals surface area contributed by atoms with Crippen LogP contribution in [0.3, 0.4) is 0 Å². The van der Waals surface area contributed by atoms with E-state index in [1.165, 1.54) is 9.75 Å². The van der Waals surface area contributed by atoms with Crippen molar-refractivity contribution in [2.45, 2.75) is 13.5 Å². The second-order valence-corrected chi connectivity index (χ2v) is 5.89. The van der Waals surface area contributed by atoms with Gasteiger partial charge in [0.05, 0.1) is 0 Å². The number of nitrogens with one attached hydrogen (secondary N) is 1. The van der Waals surface area contributed by atoms with Crippen LogP contribution in [0, 0.1) is 6.92 Å². The van der Waals surface area contributed by atoms with Gasteiger partial charge in [-0.05, 0) is 19.1 Å². The van der Waals surface area contributed by atoms with Crippen LogP contribution in [0.5, 0.6) is 0 Å². The van der Waals surface area contributed by atoms with Crippen molar-refractivity contribution in [3.05, 3.63) is 21.9 Å². The maximum absolute atomic E-state index is 10.7. The SMILES string of the molecule is Cc1ccc(CNCC[S@](C)=O)s1. The van der Waals surface area contributed by atoms with Gasteiger partial charge in [-0.2, -0.15) is 0 Å². The fraction of sp³-hybridized carbons (Fsp3) is 0.556. The lowest BCUT2D eigenvalue weighted by Gasteiger charge is -2.00. The molecule has 0 fully saturated rings. The van der Waals surface area contributed by atoms with Gasteiger partial charge in [0.1, 0.15) is 0 Å². The molecule has 1 rings (SSSR count). The molecule has 1 aromatic rings. The molecule has 4 heteroatoms. The smallest absolute Gasteiger partial charge is 0.0357 e. The molecule has 0 aliphatic carbocycles. The van der Waals surface area contributed by atoms with Crippen molar-refractivity contribution >= 4 is 22.1 Å². The van der Waals surface area contributed by atoms with E-state index in [-0.39, 0.29) is 0 Å². The Morgan fingerprint density at radius 1 is 1.54 bits per heavy atom. The summed E-state index contributed by atoms with van der Waals surface area (Å²) in [4.78, 5) is 2.69. The van der Waals surface area contributed by atoms with E-state index >= 15 is 0 Å². The van der Waals surface area contributed by atoms with E-state index in [0.717, 1.165) is 18.8 Å². The molecule has 0 unspecified atom stereocenters. The molecule has 1 heterocycles. The third-order valence-corrected chi connectivity index (χ3v) is 3.44. The topological polar surface area (TPSA) is 29.1 Å². The first-order valence-electron chi connectivity index (χ1n) is 4.24. The minimum absolute atomic E-state index is 0.677. The first-order chi connectivity index (χ1) is 6.18. The van der Waals surface area contributed by atoms with E-state index in [9.17, 15) is 4.21 Å². The van der Waals surface area contributed by atoms with Crippen molar-refractivity contribution in [1.29, 1.82) is 0 Å². The lowest BCUT2D eigenvalue weighted by Crippen LogP contribution is -2.18. The number of hydrogen-bond acceptors (Lipinski definition) is 3. The molecule has 1 aromatic heterocycles. The molecule has 0 aliphatic rings. The van der Waals surface area contributed by atoms with Gasteiger partial charge in [-0.25, -0.2) is 0 Å². The first-order valence-corrected chi connectivity index (χ1v) is 6.79. The Bertz CT molecular complexity index is 283. The first kappa shape index (κ1) is 10.9. The van der Waals surface area contributed by atoms with E-state index < -0.39 is 10.8 Å². The predicted molar refractivity (Wildman–Crippen MR) is 59.7 cm³/mol. The quantitative estimate of drug-likeness (QED) is 0.758. The number of rotatable bonds is 5. The average Bonchev–Trinajstić information content (AvgIpc) is 2.45. The van der Waals surface area contributed by atoms with Crippen LogP contribution in [0.1, 0.15) is 9.75 Å². The Morgan fingerprint density at radius 3 is 2.85 bits per heavy atom. The Hall–Kier alpha value is -0.190. The molecule has 0 amide bonds. The zero-order valence-corrected chi connectivity index (χ0v) is 9.63. The second-order valence-electron chi connectivity index (χ2n) is 2.97. The Labute approximate surface area is 85.8 Å². The number of thiophene rings is 1. The lowest BCUT2D eigenvalue weighted by atomic mass is 10.4. The molecule has 0 spiro atoms. The molecule has 1 N–H and O–H groups in total. The molecular weight excluding hydrogens is 202 g/mol. The average molecular weight is 217 g/mol. The van der Waals surface area contributed by atoms with Crippen LogP contribution in [-0.2, 0) is 17.3 Å². The lowest BCUT2D eigenvalue weighted by molar-refractivity contribution is 0.678. The molecule has 74 valence electrons. The van der Waals surface area contributed by atoms with E-state index in [0.29, 0.717) is 0 Å². The summed E-state index contributed by atoms with van der Waals surface area (Å²) in [5.41, 5.74) is 0. The fourth-order valence-corrected chi connectivity index (χ4v) is 2.30. The molecule has 13 heavy (non-hydrogen) atoms. The summed E-state index contributed by atoms with van der Waals surface area (Å²) in [6.07, 6.45) is 1.73. The van der Waals surface area contributed by atoms with Gasteiger partial charge < -0.3 is 5.32 Å². The summed E-state index contributed by atoms with van der Waals surface area (Å²) < 4.78 is 10.7. The number of aryl methyl sites for hydroxylation is 1. The van der Waals surface area contributed by atoms with Crippen LogP contribution >= 0.6 is 11.3 Å². The van der Waals surface area contributed by atoms with Crippen molar-refractivity contribution in [2.75, 3.05) is 18.6 Å². The van der Waals surface area contributed by atoms with Crippen LogP contribution in [0.4, 0.5) is 0 Å². The maximum atomic E-state index is 10.7. The molecule has 0 radical (unpaired) electrons. The van der Waals surface area contributed by atoms with Crippen molar-refractivity contribution in [1.82, 2.24) is 5.32 Å². The fourth-order valence-electron chi connectivity index (χ4n) is 1.01. The van der Waals surface area contributed by atoms with Crippen molar-refractivity contribution in [2.24, 2.45) is 0 Å². The van der Waals surface area contributed by atoms with Crippen molar-refractivity contribution in [3.63, 3.8) is 0 Å². The van der Waals surface area contributed by atoms with E-state index in [1.54, 1.807) is 6.26 Å². The molecule has 0 saturated heterocycles. The van der Waals surface area contributed by atoms with Gasteiger partial charge >= 0.3 is 0 Å². The van der Waals surface area contributed by atoms with Gasteiger partial charge in [-0.1, -0.05) is 0 Å². The maximum Gasteiger partial charge on any atom is 0.0357 e. The van der Waals surface area contributed by atoms with Gasteiger partial charge in [0, 0.05) is 45.7 Å². The van der Waals surface area contributed by atoms with Crippen LogP contribution in [-0.4, -0.2) is 22.8 Å². The summed E-state index contributed by atoms with van der Waals surface area (Å²) in [6.45, 7) is 3.84. The predicted octanol–water partition coefficient (Wildman–Crippen LogP) is 1.52. The zero-order chi connectivity index (χ0) is 9.68. The highest BCUT2D eigenvalue weighted by molar-refractivity contribution is 7.84. The van der Waals surface area contributed by atoms with Crippen molar-refractivity contribution in [3.8, 4) is 0 Å². The minimum atomic E-state index is -0.677. The van der Waals surface area contributed by atoms with Crippen LogP contribution in [0.15, 0.2) is 12.1 Å². The molecular formula is C9H15NOS2.